The number of aromatic nitrogens is 1. The molecule has 0 bridgehead atoms. The van der Waals surface area contributed by atoms with Crippen LogP contribution in [0.15, 0.2) is 42.6 Å². The Labute approximate surface area is 105 Å². The zero-order valence-corrected chi connectivity index (χ0v) is 9.96. The summed E-state index contributed by atoms with van der Waals surface area (Å²) in [6.45, 7) is 0. The highest BCUT2D eigenvalue weighted by Crippen LogP contribution is 2.29. The van der Waals surface area contributed by atoms with Crippen molar-refractivity contribution in [3.05, 3.63) is 48.2 Å². The number of carboxylic acid groups (broad SMARTS) is 1. The summed E-state index contributed by atoms with van der Waals surface area (Å²) in [5.41, 5.74) is 2.36. The minimum atomic E-state index is -0.859. The molecule has 1 heterocycles. The average molecular weight is 243 g/mol. The summed E-state index contributed by atoms with van der Waals surface area (Å²) in [6, 6.07) is 11.0. The maximum absolute atomic E-state index is 10.7. The molecule has 0 fully saturated rings. The van der Waals surface area contributed by atoms with Gasteiger partial charge in [-0.1, -0.05) is 12.1 Å². The van der Waals surface area contributed by atoms with Gasteiger partial charge in [-0.15, -0.1) is 0 Å². The van der Waals surface area contributed by atoms with Crippen molar-refractivity contribution < 1.29 is 14.6 Å². The van der Waals surface area contributed by atoms with E-state index in [9.17, 15) is 4.79 Å². The quantitative estimate of drug-likeness (QED) is 0.895. The molecule has 1 aromatic carbocycles. The third-order valence-corrected chi connectivity index (χ3v) is 2.56. The molecule has 0 unspecified atom stereocenters. The van der Waals surface area contributed by atoms with Crippen LogP contribution in [0.3, 0.4) is 0 Å². The molecule has 92 valence electrons. The highest BCUT2D eigenvalue weighted by atomic mass is 16.5. The molecule has 1 aromatic heterocycles. The third kappa shape index (κ3) is 2.66. The smallest absolute Gasteiger partial charge is 0.307 e. The second kappa shape index (κ2) is 5.31. The Balaban J connectivity index is 2.41. The van der Waals surface area contributed by atoms with Crippen LogP contribution < -0.4 is 4.74 Å². The van der Waals surface area contributed by atoms with E-state index in [2.05, 4.69) is 4.98 Å². The third-order valence-electron chi connectivity index (χ3n) is 2.56. The van der Waals surface area contributed by atoms with Gasteiger partial charge in [0.2, 0.25) is 0 Å². The zero-order valence-electron chi connectivity index (χ0n) is 9.96. The Hall–Kier alpha value is -2.36. The first-order valence-electron chi connectivity index (χ1n) is 5.51. The normalized spacial score (nSPS) is 10.1. The van der Waals surface area contributed by atoms with Crippen LogP contribution in [0.25, 0.3) is 11.3 Å². The van der Waals surface area contributed by atoms with Crippen molar-refractivity contribution in [2.24, 2.45) is 0 Å². The van der Waals surface area contributed by atoms with E-state index in [-0.39, 0.29) is 6.42 Å². The molecule has 1 N–H and O–H groups in total. The Bertz CT molecular complexity index is 552. The SMILES string of the molecule is COc1cc(CC(=O)O)ccc1-c1ccccn1. The number of benzene rings is 1. The first-order valence-corrected chi connectivity index (χ1v) is 5.51. The maximum Gasteiger partial charge on any atom is 0.307 e. The van der Waals surface area contributed by atoms with Crippen LogP contribution in [0.1, 0.15) is 5.56 Å². The number of hydrogen-bond donors (Lipinski definition) is 1. The van der Waals surface area contributed by atoms with E-state index in [0.717, 1.165) is 11.3 Å². The lowest BCUT2D eigenvalue weighted by atomic mass is 10.1. The topological polar surface area (TPSA) is 59.4 Å². The van der Waals surface area contributed by atoms with E-state index in [1.54, 1.807) is 25.4 Å². The van der Waals surface area contributed by atoms with Crippen molar-refractivity contribution in [3.8, 4) is 17.0 Å². The number of carbonyl (C=O) groups is 1. The zero-order chi connectivity index (χ0) is 13.0. The maximum atomic E-state index is 10.7. The first-order chi connectivity index (χ1) is 8.70. The minimum absolute atomic E-state index is 0.0150. The summed E-state index contributed by atoms with van der Waals surface area (Å²) in [5, 5.41) is 8.76. The lowest BCUT2D eigenvalue weighted by Crippen LogP contribution is -2.00. The minimum Gasteiger partial charge on any atom is -0.496 e. The van der Waals surface area contributed by atoms with Crippen molar-refractivity contribution in [2.75, 3.05) is 7.11 Å². The number of ether oxygens (including phenoxy) is 1. The van der Waals surface area contributed by atoms with Crippen molar-refractivity contribution >= 4 is 5.97 Å². The monoisotopic (exact) mass is 243 g/mol. The number of pyridine rings is 1. The van der Waals surface area contributed by atoms with Gasteiger partial charge < -0.3 is 9.84 Å². The van der Waals surface area contributed by atoms with Crippen molar-refractivity contribution in [1.82, 2.24) is 4.98 Å². The fraction of sp³-hybridized carbons (Fsp3) is 0.143. The first kappa shape index (κ1) is 12.1. The Morgan fingerprint density at radius 3 is 2.78 bits per heavy atom. The molecule has 18 heavy (non-hydrogen) atoms. The van der Waals surface area contributed by atoms with E-state index in [1.807, 2.05) is 24.3 Å². The number of hydrogen-bond acceptors (Lipinski definition) is 3. The summed E-state index contributed by atoms with van der Waals surface area (Å²) < 4.78 is 5.29. The van der Waals surface area contributed by atoms with E-state index in [1.165, 1.54) is 0 Å². The highest BCUT2D eigenvalue weighted by Gasteiger charge is 2.09. The second-order valence-electron chi connectivity index (χ2n) is 3.82. The van der Waals surface area contributed by atoms with Crippen molar-refractivity contribution in [1.29, 1.82) is 0 Å². The molecule has 0 aliphatic rings. The van der Waals surface area contributed by atoms with Crippen LogP contribution in [0.2, 0.25) is 0 Å². The molecule has 0 radical (unpaired) electrons. The lowest BCUT2D eigenvalue weighted by molar-refractivity contribution is -0.136. The summed E-state index contributed by atoms with van der Waals surface area (Å²) in [4.78, 5) is 14.9. The number of rotatable bonds is 4. The molecule has 0 atom stereocenters. The van der Waals surface area contributed by atoms with Crippen LogP contribution in [0, 0.1) is 0 Å². The van der Waals surface area contributed by atoms with Crippen LogP contribution >= 0.6 is 0 Å². The van der Waals surface area contributed by atoms with Gasteiger partial charge in [-0.3, -0.25) is 9.78 Å². The molecule has 2 rings (SSSR count). The lowest BCUT2D eigenvalue weighted by Gasteiger charge is -2.09. The predicted octanol–water partition coefficient (Wildman–Crippen LogP) is 2.38. The standard InChI is InChI=1S/C14H13NO3/c1-18-13-8-10(9-14(16)17)5-6-11(13)12-4-2-3-7-15-12/h2-8H,9H2,1H3,(H,16,17). The fourth-order valence-electron chi connectivity index (χ4n) is 1.75. The molecular formula is C14H13NO3. The van der Waals surface area contributed by atoms with E-state index in [4.69, 9.17) is 9.84 Å². The van der Waals surface area contributed by atoms with Gasteiger partial charge in [0.1, 0.15) is 5.75 Å². The summed E-state index contributed by atoms with van der Waals surface area (Å²) >= 11 is 0. The molecule has 4 heteroatoms. The van der Waals surface area contributed by atoms with Gasteiger partial charge in [-0.05, 0) is 29.8 Å². The Morgan fingerprint density at radius 2 is 2.17 bits per heavy atom. The van der Waals surface area contributed by atoms with Crippen LogP contribution in [0.5, 0.6) is 5.75 Å². The van der Waals surface area contributed by atoms with Crippen LogP contribution in [-0.2, 0) is 11.2 Å². The molecule has 0 amide bonds. The summed E-state index contributed by atoms with van der Waals surface area (Å²) in [6.07, 6.45) is 1.69. The molecule has 0 saturated carbocycles. The van der Waals surface area contributed by atoms with Gasteiger partial charge >= 0.3 is 5.97 Å². The number of nitrogens with zero attached hydrogens (tertiary/aromatic N) is 1. The van der Waals surface area contributed by atoms with Gasteiger partial charge in [-0.2, -0.15) is 0 Å². The molecule has 0 spiro atoms. The van der Waals surface area contributed by atoms with E-state index in [0.29, 0.717) is 11.3 Å². The molecule has 2 aromatic rings. The van der Waals surface area contributed by atoms with E-state index >= 15 is 0 Å². The van der Waals surface area contributed by atoms with Crippen molar-refractivity contribution in [2.45, 2.75) is 6.42 Å². The van der Waals surface area contributed by atoms with E-state index < -0.39 is 5.97 Å². The summed E-state index contributed by atoms with van der Waals surface area (Å²) in [5.74, 6) is -0.227. The van der Waals surface area contributed by atoms with Gasteiger partial charge in [-0.25, -0.2) is 0 Å². The van der Waals surface area contributed by atoms with Gasteiger partial charge in [0.25, 0.3) is 0 Å². The second-order valence-corrected chi connectivity index (χ2v) is 3.82. The van der Waals surface area contributed by atoms with Crippen molar-refractivity contribution in [3.63, 3.8) is 0 Å². The highest BCUT2D eigenvalue weighted by molar-refractivity contribution is 5.73. The molecule has 0 aliphatic carbocycles. The van der Waals surface area contributed by atoms with Crippen LogP contribution in [-0.4, -0.2) is 23.2 Å². The number of methoxy groups -OCH3 is 1. The van der Waals surface area contributed by atoms with Gasteiger partial charge in [0.15, 0.2) is 0 Å². The van der Waals surface area contributed by atoms with Crippen LogP contribution in [0.4, 0.5) is 0 Å². The fourth-order valence-corrected chi connectivity index (χ4v) is 1.75. The molecule has 0 aliphatic heterocycles. The Kier molecular flexibility index (Phi) is 3.57. The van der Waals surface area contributed by atoms with Gasteiger partial charge in [0, 0.05) is 11.8 Å². The predicted molar refractivity (Wildman–Crippen MR) is 67.6 cm³/mol. The molecule has 4 nitrogen and oxygen atoms in total. The molecular weight excluding hydrogens is 230 g/mol. The summed E-state index contributed by atoms with van der Waals surface area (Å²) in [7, 11) is 1.56. The largest absolute Gasteiger partial charge is 0.496 e. The number of carboxylic acids is 1. The number of aliphatic carboxylic acids is 1. The Morgan fingerprint density at radius 1 is 1.33 bits per heavy atom. The average Bonchev–Trinajstić information content (AvgIpc) is 2.39. The molecule has 0 saturated heterocycles. The van der Waals surface area contributed by atoms with Gasteiger partial charge in [0.05, 0.1) is 19.2 Å².